The van der Waals surface area contributed by atoms with Crippen molar-refractivity contribution in [1.82, 2.24) is 19.4 Å². The zero-order valence-electron chi connectivity index (χ0n) is 18.3. The van der Waals surface area contributed by atoms with Crippen molar-refractivity contribution in [2.24, 2.45) is 5.92 Å². The second-order valence-electron chi connectivity index (χ2n) is 8.55. The molecular weight excluding hydrogens is 408 g/mol. The first-order valence-corrected chi connectivity index (χ1v) is 12.6. The van der Waals surface area contributed by atoms with Gasteiger partial charge >= 0.3 is 0 Å². The summed E-state index contributed by atoms with van der Waals surface area (Å²) in [6.45, 7) is 2.49. The lowest BCUT2D eigenvalue weighted by molar-refractivity contribution is -0.133. The van der Waals surface area contributed by atoms with Gasteiger partial charge in [0.15, 0.2) is 5.16 Å². The molecule has 6 nitrogen and oxygen atoms in total. The third-order valence-corrected chi connectivity index (χ3v) is 7.26. The van der Waals surface area contributed by atoms with Crippen LogP contribution in [-0.4, -0.2) is 63.6 Å². The number of hydrogen-bond acceptors (Lipinski definition) is 4. The molecule has 1 aliphatic carbocycles. The maximum absolute atomic E-state index is 12.9. The molecule has 2 aromatic rings. The standard InChI is InChI=1S/C24H32N4O2S/c1-31-24-25-13-14-28(24)21-10-8-20(9-11-21)23(30)27-17-15-26(16-18-27)22(29)12-7-19-5-3-2-4-6-19/h8-11,13-14,19H,2-7,12,15-18H2,1H3. The molecule has 2 fully saturated rings. The van der Waals surface area contributed by atoms with Crippen molar-refractivity contribution in [3.8, 4) is 5.69 Å². The van der Waals surface area contributed by atoms with E-state index in [4.69, 9.17) is 0 Å². The van der Waals surface area contributed by atoms with Crippen LogP contribution in [0.25, 0.3) is 5.69 Å². The number of rotatable bonds is 6. The van der Waals surface area contributed by atoms with Gasteiger partial charge < -0.3 is 9.80 Å². The van der Waals surface area contributed by atoms with Crippen LogP contribution in [0.3, 0.4) is 0 Å². The molecule has 4 rings (SSSR count). The second-order valence-corrected chi connectivity index (χ2v) is 9.32. The molecule has 0 spiro atoms. The fourth-order valence-corrected chi connectivity index (χ4v) is 5.23. The predicted octanol–water partition coefficient (Wildman–Crippen LogP) is 4.24. The molecule has 1 saturated carbocycles. The Morgan fingerprint density at radius 1 is 1.00 bits per heavy atom. The monoisotopic (exact) mass is 440 g/mol. The molecule has 31 heavy (non-hydrogen) atoms. The maximum atomic E-state index is 12.9. The Hall–Kier alpha value is -2.28. The lowest BCUT2D eigenvalue weighted by Crippen LogP contribution is -2.50. The largest absolute Gasteiger partial charge is 0.339 e. The van der Waals surface area contributed by atoms with Gasteiger partial charge in [0.05, 0.1) is 0 Å². The molecular formula is C24H32N4O2S. The van der Waals surface area contributed by atoms with Crippen LogP contribution in [0, 0.1) is 5.92 Å². The number of imidazole rings is 1. The van der Waals surface area contributed by atoms with Gasteiger partial charge in [0.2, 0.25) is 5.91 Å². The molecule has 2 aliphatic rings. The molecule has 1 aliphatic heterocycles. The van der Waals surface area contributed by atoms with Gasteiger partial charge in [-0.15, -0.1) is 0 Å². The highest BCUT2D eigenvalue weighted by Gasteiger charge is 2.25. The molecule has 0 N–H and O–H groups in total. The molecule has 0 bridgehead atoms. The second kappa shape index (κ2) is 10.4. The minimum atomic E-state index is 0.0385. The number of aromatic nitrogens is 2. The zero-order chi connectivity index (χ0) is 21.6. The van der Waals surface area contributed by atoms with E-state index in [1.807, 2.05) is 51.1 Å². The van der Waals surface area contributed by atoms with Crippen LogP contribution in [0.4, 0.5) is 0 Å². The third kappa shape index (κ3) is 5.32. The van der Waals surface area contributed by atoms with Crippen LogP contribution in [0.1, 0.15) is 55.3 Å². The number of benzene rings is 1. The summed E-state index contributed by atoms with van der Waals surface area (Å²) >= 11 is 1.59. The first-order valence-electron chi connectivity index (χ1n) is 11.4. The number of amides is 2. The number of nitrogens with zero attached hydrogens (tertiary/aromatic N) is 4. The van der Waals surface area contributed by atoms with E-state index in [0.717, 1.165) is 23.2 Å². The van der Waals surface area contributed by atoms with Crippen molar-refractivity contribution >= 4 is 23.6 Å². The van der Waals surface area contributed by atoms with Gasteiger partial charge in [-0.1, -0.05) is 43.9 Å². The lowest BCUT2D eigenvalue weighted by Gasteiger charge is -2.35. The van der Waals surface area contributed by atoms with Crippen LogP contribution in [0.2, 0.25) is 0 Å². The van der Waals surface area contributed by atoms with E-state index in [9.17, 15) is 9.59 Å². The van der Waals surface area contributed by atoms with Crippen molar-refractivity contribution in [1.29, 1.82) is 0 Å². The summed E-state index contributed by atoms with van der Waals surface area (Å²) in [4.78, 5) is 33.7. The van der Waals surface area contributed by atoms with Gasteiger partial charge in [-0.05, 0) is 42.9 Å². The maximum Gasteiger partial charge on any atom is 0.253 e. The number of piperazine rings is 1. The zero-order valence-corrected chi connectivity index (χ0v) is 19.1. The molecule has 0 unspecified atom stereocenters. The van der Waals surface area contributed by atoms with Crippen LogP contribution >= 0.6 is 11.8 Å². The highest BCUT2D eigenvalue weighted by molar-refractivity contribution is 7.98. The topological polar surface area (TPSA) is 58.4 Å². The van der Waals surface area contributed by atoms with E-state index in [-0.39, 0.29) is 11.8 Å². The van der Waals surface area contributed by atoms with E-state index in [1.165, 1.54) is 32.1 Å². The molecule has 1 aromatic carbocycles. The highest BCUT2D eigenvalue weighted by atomic mass is 32.2. The Bertz CT molecular complexity index is 881. The molecule has 0 radical (unpaired) electrons. The van der Waals surface area contributed by atoms with Crippen LogP contribution in [0.15, 0.2) is 41.8 Å². The van der Waals surface area contributed by atoms with Crippen molar-refractivity contribution in [2.45, 2.75) is 50.1 Å². The van der Waals surface area contributed by atoms with Gasteiger partial charge in [0, 0.05) is 56.2 Å². The Labute approximate surface area is 189 Å². The molecule has 2 amide bonds. The van der Waals surface area contributed by atoms with Gasteiger partial charge in [0.1, 0.15) is 0 Å². The van der Waals surface area contributed by atoms with E-state index >= 15 is 0 Å². The molecule has 166 valence electrons. The fourth-order valence-electron chi connectivity index (χ4n) is 4.70. The molecule has 2 heterocycles. The average Bonchev–Trinajstić information content (AvgIpc) is 3.32. The van der Waals surface area contributed by atoms with E-state index in [2.05, 4.69) is 4.98 Å². The number of hydrogen-bond donors (Lipinski definition) is 0. The minimum Gasteiger partial charge on any atom is -0.339 e. The van der Waals surface area contributed by atoms with E-state index < -0.39 is 0 Å². The van der Waals surface area contributed by atoms with Crippen molar-refractivity contribution in [2.75, 3.05) is 32.4 Å². The predicted molar refractivity (Wildman–Crippen MR) is 124 cm³/mol. The van der Waals surface area contributed by atoms with Crippen molar-refractivity contribution in [3.63, 3.8) is 0 Å². The smallest absolute Gasteiger partial charge is 0.253 e. The summed E-state index contributed by atoms with van der Waals surface area (Å²) in [5.74, 6) is 1.03. The number of carbonyl (C=O) groups excluding carboxylic acids is 2. The van der Waals surface area contributed by atoms with E-state index in [0.29, 0.717) is 38.2 Å². The molecule has 7 heteroatoms. The van der Waals surface area contributed by atoms with Gasteiger partial charge in [-0.3, -0.25) is 14.2 Å². The highest BCUT2D eigenvalue weighted by Crippen LogP contribution is 2.27. The fraction of sp³-hybridized carbons (Fsp3) is 0.542. The molecule has 1 aromatic heterocycles. The summed E-state index contributed by atoms with van der Waals surface area (Å²) in [7, 11) is 0. The Morgan fingerprint density at radius 2 is 1.68 bits per heavy atom. The van der Waals surface area contributed by atoms with E-state index in [1.54, 1.807) is 18.0 Å². The SMILES string of the molecule is CSc1nccn1-c1ccc(C(=O)N2CCN(C(=O)CCC3CCCCC3)CC2)cc1. The lowest BCUT2D eigenvalue weighted by atomic mass is 9.86. The number of thioether (sulfide) groups is 1. The molecule has 0 atom stereocenters. The van der Waals surface area contributed by atoms with Crippen molar-refractivity contribution in [3.05, 3.63) is 42.2 Å². The third-order valence-electron chi connectivity index (χ3n) is 6.59. The Kier molecular flexibility index (Phi) is 7.33. The normalized spacial score (nSPS) is 17.7. The van der Waals surface area contributed by atoms with Gasteiger partial charge in [0.25, 0.3) is 5.91 Å². The average molecular weight is 441 g/mol. The first kappa shape index (κ1) is 21.9. The van der Waals surface area contributed by atoms with Crippen LogP contribution < -0.4 is 0 Å². The Morgan fingerprint density at radius 3 is 2.35 bits per heavy atom. The summed E-state index contributed by atoms with van der Waals surface area (Å²) in [5, 5.41) is 0.920. The molecule has 1 saturated heterocycles. The van der Waals surface area contributed by atoms with Gasteiger partial charge in [-0.25, -0.2) is 4.98 Å². The summed E-state index contributed by atoms with van der Waals surface area (Å²) < 4.78 is 2.01. The summed E-state index contributed by atoms with van der Waals surface area (Å²) in [6, 6.07) is 7.67. The van der Waals surface area contributed by atoms with Crippen molar-refractivity contribution < 1.29 is 9.59 Å². The van der Waals surface area contributed by atoms with Crippen LogP contribution in [0.5, 0.6) is 0 Å². The van der Waals surface area contributed by atoms with Gasteiger partial charge in [-0.2, -0.15) is 0 Å². The quantitative estimate of drug-likeness (QED) is 0.631. The summed E-state index contributed by atoms with van der Waals surface area (Å²) in [6.07, 6.45) is 14.0. The first-order chi connectivity index (χ1) is 15.2. The summed E-state index contributed by atoms with van der Waals surface area (Å²) in [5.41, 5.74) is 1.68. The van der Waals surface area contributed by atoms with Crippen LogP contribution in [-0.2, 0) is 4.79 Å². The minimum absolute atomic E-state index is 0.0385. The number of carbonyl (C=O) groups is 2. The Balaban J connectivity index is 1.27.